The largest absolute Gasteiger partial charge is 0.632 e. The van der Waals surface area contributed by atoms with Crippen LogP contribution in [0.15, 0.2) is 9.21 Å². The van der Waals surface area contributed by atoms with Crippen LogP contribution in [0.5, 0.6) is 0 Å². The maximum absolute atomic E-state index is 12.5. The van der Waals surface area contributed by atoms with Crippen LogP contribution in [0.25, 0.3) is 0 Å². The summed E-state index contributed by atoms with van der Waals surface area (Å²) in [6.07, 6.45) is 2.32. The molecule has 17 heavy (non-hydrogen) atoms. The molecular formula is C13H17NO3. The van der Waals surface area contributed by atoms with E-state index >= 15 is 0 Å². The quantitative estimate of drug-likeness (QED) is 0.510. The smallest absolute Gasteiger partial charge is 0.197 e. The minimum absolute atomic E-state index is 0.0225. The summed E-state index contributed by atoms with van der Waals surface area (Å²) >= 11 is 0. The molecule has 3 atom stereocenters. The molecule has 4 nitrogen and oxygen atoms in total. The third-order valence-electron chi connectivity index (χ3n) is 4.56. The highest BCUT2D eigenvalue weighted by atomic mass is 16.5. The third kappa shape index (κ3) is 1.28. The number of hydrogen-bond donors (Lipinski definition) is 0. The standard InChI is InChI=1S/C13H17NO3/c1-7-8(2)17-11-6-9-4-5-10(14(9,3)16)12(11)13(7)15/h9-10H,4-6H2,1-3H3. The molecule has 1 fully saturated rings. The van der Waals surface area contributed by atoms with Gasteiger partial charge in [-0.3, -0.25) is 4.79 Å². The molecule has 1 aromatic heterocycles. The Balaban J connectivity index is 2.28. The van der Waals surface area contributed by atoms with Crippen molar-refractivity contribution in [3.8, 4) is 0 Å². The van der Waals surface area contributed by atoms with Crippen LogP contribution >= 0.6 is 0 Å². The zero-order chi connectivity index (χ0) is 12.4. The van der Waals surface area contributed by atoms with Gasteiger partial charge >= 0.3 is 0 Å². The van der Waals surface area contributed by atoms with E-state index in [2.05, 4.69) is 0 Å². The Kier molecular flexibility index (Phi) is 2.07. The van der Waals surface area contributed by atoms with E-state index in [1.54, 1.807) is 14.0 Å². The summed E-state index contributed by atoms with van der Waals surface area (Å²) in [7, 11) is 1.69. The third-order valence-corrected chi connectivity index (χ3v) is 4.56. The summed E-state index contributed by atoms with van der Waals surface area (Å²) in [6.45, 7) is 3.59. The minimum Gasteiger partial charge on any atom is -0.632 e. The SMILES string of the molecule is Cc1oc2c(c(=O)c1C)C1CCC(C2)[N+]1(C)[O-]. The summed E-state index contributed by atoms with van der Waals surface area (Å²) in [5.74, 6) is 1.45. The molecule has 0 saturated carbocycles. The lowest BCUT2D eigenvalue weighted by molar-refractivity contribution is -0.905. The number of hydrogen-bond acceptors (Lipinski definition) is 3. The van der Waals surface area contributed by atoms with Crippen LogP contribution in [0.2, 0.25) is 0 Å². The average molecular weight is 235 g/mol. The summed E-state index contributed by atoms with van der Waals surface area (Å²) < 4.78 is 5.45. The lowest BCUT2D eigenvalue weighted by Gasteiger charge is -2.48. The number of rotatable bonds is 0. The first kappa shape index (κ1) is 11.0. The summed E-state index contributed by atoms with van der Waals surface area (Å²) in [4.78, 5) is 12.3. The van der Waals surface area contributed by atoms with Crippen molar-refractivity contribution in [1.82, 2.24) is 0 Å². The number of quaternary nitrogens is 1. The van der Waals surface area contributed by atoms with E-state index in [-0.39, 0.29) is 22.2 Å². The monoisotopic (exact) mass is 235 g/mol. The molecule has 0 N–H and O–H groups in total. The van der Waals surface area contributed by atoms with E-state index in [4.69, 9.17) is 4.42 Å². The van der Waals surface area contributed by atoms with Gasteiger partial charge in [-0.15, -0.1) is 0 Å². The van der Waals surface area contributed by atoms with Gasteiger partial charge in [0.2, 0.25) is 0 Å². The van der Waals surface area contributed by atoms with E-state index < -0.39 is 0 Å². The molecule has 2 bridgehead atoms. The van der Waals surface area contributed by atoms with Gasteiger partial charge in [0, 0.05) is 18.4 Å². The molecule has 2 aliphatic rings. The highest BCUT2D eigenvalue weighted by Gasteiger charge is 2.48. The van der Waals surface area contributed by atoms with Gasteiger partial charge in [0.25, 0.3) is 0 Å². The molecule has 1 saturated heterocycles. The molecule has 0 aromatic carbocycles. The number of hydroxylamine groups is 3. The fraction of sp³-hybridized carbons (Fsp3) is 0.615. The second-order valence-corrected chi connectivity index (χ2v) is 5.46. The van der Waals surface area contributed by atoms with Crippen molar-refractivity contribution in [2.75, 3.05) is 7.05 Å². The molecule has 0 radical (unpaired) electrons. The van der Waals surface area contributed by atoms with Crippen LogP contribution in [0.1, 0.15) is 41.5 Å². The van der Waals surface area contributed by atoms with Gasteiger partial charge in [0.1, 0.15) is 17.6 Å². The van der Waals surface area contributed by atoms with Crippen molar-refractivity contribution in [3.05, 3.63) is 38.1 Å². The fourth-order valence-corrected chi connectivity index (χ4v) is 3.31. The number of nitrogens with zero attached hydrogens (tertiary/aromatic N) is 1. The molecule has 3 unspecified atom stereocenters. The zero-order valence-corrected chi connectivity index (χ0v) is 10.4. The van der Waals surface area contributed by atoms with Gasteiger partial charge < -0.3 is 14.3 Å². The predicted octanol–water partition coefficient (Wildman–Crippen LogP) is 1.96. The number of fused-ring (bicyclic) bond motifs is 4. The fourth-order valence-electron chi connectivity index (χ4n) is 3.31. The van der Waals surface area contributed by atoms with Crippen LogP contribution in [0.3, 0.4) is 0 Å². The lowest BCUT2D eigenvalue weighted by atomic mass is 9.96. The first-order valence-corrected chi connectivity index (χ1v) is 6.13. The first-order chi connectivity index (χ1) is 7.93. The minimum atomic E-state index is -0.291. The van der Waals surface area contributed by atoms with Crippen LogP contribution < -0.4 is 5.43 Å². The summed E-state index contributed by atoms with van der Waals surface area (Å²) in [5.41, 5.74) is 1.32. The molecule has 0 spiro atoms. The Morgan fingerprint density at radius 1 is 1.35 bits per heavy atom. The van der Waals surface area contributed by atoms with E-state index in [1.165, 1.54) is 0 Å². The van der Waals surface area contributed by atoms with Crippen molar-refractivity contribution in [2.24, 2.45) is 0 Å². The second-order valence-electron chi connectivity index (χ2n) is 5.46. The molecule has 3 rings (SSSR count). The average Bonchev–Trinajstić information content (AvgIpc) is 2.48. The van der Waals surface area contributed by atoms with Crippen LogP contribution in [0, 0.1) is 19.1 Å². The Bertz CT molecular complexity index is 544. The van der Waals surface area contributed by atoms with E-state index in [0.717, 1.165) is 18.6 Å². The molecule has 0 aliphatic carbocycles. The molecule has 1 aromatic rings. The second kappa shape index (κ2) is 3.21. The normalized spacial score (nSPS) is 34.8. The Labute approximate surface area is 100 Å². The van der Waals surface area contributed by atoms with Crippen LogP contribution in [-0.2, 0) is 6.42 Å². The van der Waals surface area contributed by atoms with Crippen molar-refractivity contribution in [1.29, 1.82) is 0 Å². The molecule has 0 amide bonds. The van der Waals surface area contributed by atoms with Gasteiger partial charge in [-0.2, -0.15) is 0 Å². The van der Waals surface area contributed by atoms with Gasteiger partial charge in [0.15, 0.2) is 5.43 Å². The van der Waals surface area contributed by atoms with Crippen molar-refractivity contribution in [3.63, 3.8) is 0 Å². The summed E-state index contributed by atoms with van der Waals surface area (Å²) in [6, 6.07) is -0.142. The van der Waals surface area contributed by atoms with Crippen molar-refractivity contribution in [2.45, 2.75) is 45.2 Å². The predicted molar refractivity (Wildman–Crippen MR) is 63.5 cm³/mol. The Morgan fingerprint density at radius 3 is 2.76 bits per heavy atom. The van der Waals surface area contributed by atoms with Crippen molar-refractivity contribution >= 4 is 0 Å². The Hall–Kier alpha value is -1.13. The van der Waals surface area contributed by atoms with Crippen LogP contribution in [-0.4, -0.2) is 17.7 Å². The maximum atomic E-state index is 12.5. The van der Waals surface area contributed by atoms with Crippen LogP contribution in [0.4, 0.5) is 0 Å². The Morgan fingerprint density at radius 2 is 2.06 bits per heavy atom. The summed E-state index contributed by atoms with van der Waals surface area (Å²) in [5, 5.41) is 12.5. The number of likely N-dealkylation sites (N-methyl/N-ethyl adjacent to an activating group) is 1. The number of aryl methyl sites for hydroxylation is 1. The molecule has 3 heterocycles. The van der Waals surface area contributed by atoms with E-state index in [0.29, 0.717) is 23.3 Å². The van der Waals surface area contributed by atoms with E-state index in [9.17, 15) is 10.0 Å². The highest BCUT2D eigenvalue weighted by molar-refractivity contribution is 5.31. The zero-order valence-electron chi connectivity index (χ0n) is 10.4. The highest BCUT2D eigenvalue weighted by Crippen LogP contribution is 2.46. The van der Waals surface area contributed by atoms with Crippen molar-refractivity contribution < 1.29 is 9.06 Å². The van der Waals surface area contributed by atoms with E-state index in [1.807, 2.05) is 6.92 Å². The molecular weight excluding hydrogens is 218 g/mol. The van der Waals surface area contributed by atoms with Gasteiger partial charge in [0.05, 0.1) is 25.1 Å². The molecule has 4 heteroatoms. The van der Waals surface area contributed by atoms with Gasteiger partial charge in [-0.1, -0.05) is 0 Å². The van der Waals surface area contributed by atoms with Gasteiger partial charge in [-0.05, 0) is 13.8 Å². The molecule has 92 valence electrons. The topological polar surface area (TPSA) is 53.3 Å². The molecule has 2 aliphatic heterocycles. The first-order valence-electron chi connectivity index (χ1n) is 6.13. The lowest BCUT2D eigenvalue weighted by Crippen LogP contribution is -2.50. The maximum Gasteiger partial charge on any atom is 0.197 e. The van der Waals surface area contributed by atoms with Gasteiger partial charge in [-0.25, -0.2) is 0 Å².